The van der Waals surface area contributed by atoms with Crippen LogP contribution in [0.25, 0.3) is 0 Å². The minimum atomic E-state index is 0.0450. The van der Waals surface area contributed by atoms with Crippen molar-refractivity contribution in [3.8, 4) is 0 Å². The summed E-state index contributed by atoms with van der Waals surface area (Å²) >= 11 is 12.9. The second kappa shape index (κ2) is 6.86. The molecule has 0 amide bonds. The largest absolute Gasteiger partial charge is 0.271 e. The molecule has 0 bridgehead atoms. The van der Waals surface area contributed by atoms with E-state index in [-0.39, 0.29) is 6.04 Å². The lowest BCUT2D eigenvalue weighted by Crippen LogP contribution is -2.29. The number of hydrogen-bond acceptors (Lipinski definition) is 2. The van der Waals surface area contributed by atoms with E-state index in [1.54, 1.807) is 0 Å². The molecule has 0 radical (unpaired) electrons. The standard InChI is InChI=1S/C14H13Br2ClN2/c15-10-3-6-12(13(16)8-10)14(19-18)7-9-1-4-11(17)5-2-9/h1-6,8,14,19H,7,18H2. The SMILES string of the molecule is NNC(Cc1ccc(Cl)cc1)c1ccc(Br)cc1Br. The molecule has 0 aliphatic heterocycles. The van der Waals surface area contributed by atoms with E-state index in [0.717, 1.165) is 26.0 Å². The molecule has 0 saturated heterocycles. The summed E-state index contributed by atoms with van der Waals surface area (Å²) in [6, 6.07) is 13.9. The van der Waals surface area contributed by atoms with Gasteiger partial charge in [0.15, 0.2) is 0 Å². The van der Waals surface area contributed by atoms with Gasteiger partial charge in [-0.05, 0) is 41.8 Å². The average Bonchev–Trinajstić information content (AvgIpc) is 2.39. The second-order valence-corrected chi connectivity index (χ2v) is 6.42. The predicted molar refractivity (Wildman–Crippen MR) is 87.1 cm³/mol. The third kappa shape index (κ3) is 4.04. The Morgan fingerprint density at radius 3 is 2.37 bits per heavy atom. The summed E-state index contributed by atoms with van der Waals surface area (Å²) in [5.74, 6) is 5.68. The molecule has 0 aromatic heterocycles. The summed E-state index contributed by atoms with van der Waals surface area (Å²) in [5.41, 5.74) is 5.17. The van der Waals surface area contributed by atoms with Crippen LogP contribution >= 0.6 is 43.5 Å². The number of halogens is 3. The zero-order valence-corrected chi connectivity index (χ0v) is 14.0. The number of rotatable bonds is 4. The van der Waals surface area contributed by atoms with Gasteiger partial charge in [0, 0.05) is 14.0 Å². The van der Waals surface area contributed by atoms with E-state index in [1.807, 2.05) is 36.4 Å². The molecule has 2 nitrogen and oxygen atoms in total. The van der Waals surface area contributed by atoms with E-state index >= 15 is 0 Å². The van der Waals surface area contributed by atoms with Crippen LogP contribution in [0.1, 0.15) is 17.2 Å². The molecule has 2 aromatic carbocycles. The normalized spacial score (nSPS) is 12.4. The maximum atomic E-state index is 5.89. The zero-order chi connectivity index (χ0) is 13.8. The Kier molecular flexibility index (Phi) is 5.42. The van der Waals surface area contributed by atoms with Gasteiger partial charge in [-0.25, -0.2) is 0 Å². The van der Waals surface area contributed by atoms with Crippen molar-refractivity contribution >= 4 is 43.5 Å². The fourth-order valence-electron chi connectivity index (χ4n) is 1.90. The Hall–Kier alpha value is -0.390. The first-order valence-electron chi connectivity index (χ1n) is 5.75. The smallest absolute Gasteiger partial charge is 0.0511 e. The highest BCUT2D eigenvalue weighted by Crippen LogP contribution is 2.28. The average molecular weight is 405 g/mol. The van der Waals surface area contributed by atoms with Gasteiger partial charge in [0.2, 0.25) is 0 Å². The quantitative estimate of drug-likeness (QED) is 0.577. The Labute approximate surface area is 134 Å². The molecule has 0 heterocycles. The van der Waals surface area contributed by atoms with Gasteiger partial charge in [-0.3, -0.25) is 11.3 Å². The van der Waals surface area contributed by atoms with Crippen molar-refractivity contribution in [1.29, 1.82) is 0 Å². The minimum absolute atomic E-state index is 0.0450. The maximum Gasteiger partial charge on any atom is 0.0511 e. The molecule has 3 N–H and O–H groups in total. The Bertz CT molecular complexity index is 558. The summed E-state index contributed by atoms with van der Waals surface area (Å²) in [5, 5.41) is 0.742. The van der Waals surface area contributed by atoms with Crippen molar-refractivity contribution in [2.75, 3.05) is 0 Å². The Morgan fingerprint density at radius 2 is 1.79 bits per heavy atom. The van der Waals surface area contributed by atoms with Gasteiger partial charge in [0.05, 0.1) is 6.04 Å². The summed E-state index contributed by atoms with van der Waals surface area (Å²) in [7, 11) is 0. The molecule has 0 spiro atoms. The highest BCUT2D eigenvalue weighted by Gasteiger charge is 2.14. The van der Waals surface area contributed by atoms with E-state index < -0.39 is 0 Å². The first-order valence-corrected chi connectivity index (χ1v) is 7.72. The van der Waals surface area contributed by atoms with Crippen LogP contribution in [0, 0.1) is 0 Å². The van der Waals surface area contributed by atoms with Crippen molar-refractivity contribution in [2.24, 2.45) is 5.84 Å². The van der Waals surface area contributed by atoms with Gasteiger partial charge in [-0.1, -0.05) is 61.7 Å². The minimum Gasteiger partial charge on any atom is -0.271 e. The number of hydrazine groups is 1. The van der Waals surface area contributed by atoms with Crippen LogP contribution in [0.5, 0.6) is 0 Å². The summed E-state index contributed by atoms with van der Waals surface area (Å²) in [6.07, 6.45) is 0.800. The summed E-state index contributed by atoms with van der Waals surface area (Å²) in [6.45, 7) is 0. The third-order valence-electron chi connectivity index (χ3n) is 2.89. The molecule has 1 unspecified atom stereocenters. The zero-order valence-electron chi connectivity index (χ0n) is 10.0. The van der Waals surface area contributed by atoms with Crippen molar-refractivity contribution in [1.82, 2.24) is 5.43 Å². The fraction of sp³-hybridized carbons (Fsp3) is 0.143. The van der Waals surface area contributed by atoms with Crippen LogP contribution in [-0.2, 0) is 6.42 Å². The molecule has 19 heavy (non-hydrogen) atoms. The topological polar surface area (TPSA) is 38.0 Å². The molecule has 0 saturated carbocycles. The molecule has 2 rings (SSSR count). The van der Waals surface area contributed by atoms with Gasteiger partial charge in [-0.2, -0.15) is 0 Å². The van der Waals surface area contributed by atoms with Crippen LogP contribution in [0.3, 0.4) is 0 Å². The van der Waals surface area contributed by atoms with Crippen molar-refractivity contribution in [3.63, 3.8) is 0 Å². The molecular weight excluding hydrogens is 391 g/mol. The first-order chi connectivity index (χ1) is 9.10. The van der Waals surface area contributed by atoms with Crippen LogP contribution in [0.4, 0.5) is 0 Å². The van der Waals surface area contributed by atoms with Crippen molar-refractivity contribution in [2.45, 2.75) is 12.5 Å². The van der Waals surface area contributed by atoms with Gasteiger partial charge in [-0.15, -0.1) is 0 Å². The molecule has 0 fully saturated rings. The van der Waals surface area contributed by atoms with Crippen LogP contribution in [0.2, 0.25) is 5.02 Å². The van der Waals surface area contributed by atoms with Crippen LogP contribution in [0.15, 0.2) is 51.4 Å². The first kappa shape index (κ1) is 15.0. The lowest BCUT2D eigenvalue weighted by molar-refractivity contribution is 0.550. The molecule has 1 atom stereocenters. The number of benzene rings is 2. The summed E-state index contributed by atoms with van der Waals surface area (Å²) < 4.78 is 2.06. The third-order valence-corrected chi connectivity index (χ3v) is 4.32. The van der Waals surface area contributed by atoms with Gasteiger partial charge >= 0.3 is 0 Å². The molecular formula is C14H13Br2ClN2. The van der Waals surface area contributed by atoms with Crippen LogP contribution < -0.4 is 11.3 Å². The lowest BCUT2D eigenvalue weighted by Gasteiger charge is -2.18. The molecule has 100 valence electrons. The summed E-state index contributed by atoms with van der Waals surface area (Å²) in [4.78, 5) is 0. The van der Waals surface area contributed by atoms with E-state index in [9.17, 15) is 0 Å². The van der Waals surface area contributed by atoms with Crippen LogP contribution in [-0.4, -0.2) is 0 Å². The Balaban J connectivity index is 2.22. The molecule has 2 aromatic rings. The Morgan fingerprint density at radius 1 is 1.11 bits per heavy atom. The monoisotopic (exact) mass is 402 g/mol. The predicted octanol–water partition coefficient (Wildman–Crippen LogP) is 4.61. The highest BCUT2D eigenvalue weighted by atomic mass is 79.9. The van der Waals surface area contributed by atoms with Gasteiger partial charge in [0.1, 0.15) is 0 Å². The van der Waals surface area contributed by atoms with Gasteiger partial charge < -0.3 is 0 Å². The van der Waals surface area contributed by atoms with Crippen molar-refractivity contribution in [3.05, 3.63) is 67.6 Å². The number of nitrogens with two attached hydrogens (primary N) is 1. The van der Waals surface area contributed by atoms with E-state index in [2.05, 4.69) is 43.4 Å². The van der Waals surface area contributed by atoms with Crippen molar-refractivity contribution < 1.29 is 0 Å². The number of nitrogens with one attached hydrogen (secondary N) is 1. The van der Waals surface area contributed by atoms with E-state index in [0.29, 0.717) is 0 Å². The molecule has 0 aliphatic rings. The maximum absolute atomic E-state index is 5.89. The lowest BCUT2D eigenvalue weighted by atomic mass is 9.99. The van der Waals surface area contributed by atoms with Gasteiger partial charge in [0.25, 0.3) is 0 Å². The highest BCUT2D eigenvalue weighted by molar-refractivity contribution is 9.11. The molecule has 0 aliphatic carbocycles. The fourth-order valence-corrected chi connectivity index (χ4v) is 3.35. The van der Waals surface area contributed by atoms with E-state index in [1.165, 1.54) is 5.56 Å². The molecule has 5 heteroatoms. The number of hydrogen-bond donors (Lipinski definition) is 2. The second-order valence-electron chi connectivity index (χ2n) is 4.22. The van der Waals surface area contributed by atoms with E-state index in [4.69, 9.17) is 17.4 Å².